The SMILES string of the molecule is C=C(C)CN1CCN(Cc2cnn(C3CCCCC3)c2)CC1. The van der Waals surface area contributed by atoms with Crippen LogP contribution in [0.1, 0.15) is 50.6 Å². The number of aromatic nitrogens is 2. The third-order valence-corrected chi connectivity index (χ3v) is 4.97. The van der Waals surface area contributed by atoms with E-state index in [1.54, 1.807) is 0 Å². The Labute approximate surface area is 134 Å². The van der Waals surface area contributed by atoms with E-state index in [0.717, 1.165) is 39.3 Å². The Morgan fingerprint density at radius 2 is 1.82 bits per heavy atom. The molecule has 3 rings (SSSR count). The van der Waals surface area contributed by atoms with Gasteiger partial charge in [-0.05, 0) is 19.8 Å². The van der Waals surface area contributed by atoms with Crippen LogP contribution in [0.4, 0.5) is 0 Å². The molecule has 4 heteroatoms. The molecule has 1 saturated carbocycles. The molecule has 1 aromatic rings. The average molecular weight is 302 g/mol. The van der Waals surface area contributed by atoms with Crippen molar-refractivity contribution >= 4 is 0 Å². The van der Waals surface area contributed by atoms with E-state index in [1.807, 2.05) is 0 Å². The third kappa shape index (κ3) is 4.20. The van der Waals surface area contributed by atoms with Gasteiger partial charge in [0.25, 0.3) is 0 Å². The summed E-state index contributed by atoms with van der Waals surface area (Å²) in [7, 11) is 0. The highest BCUT2D eigenvalue weighted by Crippen LogP contribution is 2.27. The van der Waals surface area contributed by atoms with E-state index < -0.39 is 0 Å². The summed E-state index contributed by atoms with van der Waals surface area (Å²) in [5.74, 6) is 0. The molecule has 0 atom stereocenters. The second-order valence-electron chi connectivity index (χ2n) is 7.13. The molecule has 22 heavy (non-hydrogen) atoms. The predicted molar refractivity (Wildman–Crippen MR) is 90.9 cm³/mol. The number of hydrogen-bond acceptors (Lipinski definition) is 3. The highest BCUT2D eigenvalue weighted by Gasteiger charge is 2.19. The Morgan fingerprint density at radius 3 is 2.50 bits per heavy atom. The van der Waals surface area contributed by atoms with Crippen molar-refractivity contribution in [2.75, 3.05) is 32.7 Å². The Hall–Kier alpha value is -1.13. The van der Waals surface area contributed by atoms with Gasteiger partial charge in [-0.3, -0.25) is 14.5 Å². The van der Waals surface area contributed by atoms with E-state index in [4.69, 9.17) is 0 Å². The largest absolute Gasteiger partial charge is 0.297 e. The Morgan fingerprint density at radius 1 is 1.14 bits per heavy atom. The van der Waals surface area contributed by atoms with E-state index in [1.165, 1.54) is 43.2 Å². The van der Waals surface area contributed by atoms with Gasteiger partial charge >= 0.3 is 0 Å². The van der Waals surface area contributed by atoms with Crippen LogP contribution in [0, 0.1) is 0 Å². The van der Waals surface area contributed by atoms with E-state index in [0.29, 0.717) is 6.04 Å². The molecular weight excluding hydrogens is 272 g/mol. The fraction of sp³-hybridized carbons (Fsp3) is 0.722. The monoisotopic (exact) mass is 302 g/mol. The fourth-order valence-electron chi connectivity index (χ4n) is 3.75. The zero-order valence-electron chi connectivity index (χ0n) is 14.0. The zero-order chi connectivity index (χ0) is 15.4. The van der Waals surface area contributed by atoms with Crippen molar-refractivity contribution in [3.8, 4) is 0 Å². The van der Waals surface area contributed by atoms with Crippen molar-refractivity contribution in [3.05, 3.63) is 30.1 Å². The van der Waals surface area contributed by atoms with Crippen LogP contribution in [0.15, 0.2) is 24.5 Å². The van der Waals surface area contributed by atoms with Crippen molar-refractivity contribution in [3.63, 3.8) is 0 Å². The average Bonchev–Trinajstić information content (AvgIpc) is 2.98. The topological polar surface area (TPSA) is 24.3 Å². The van der Waals surface area contributed by atoms with Gasteiger partial charge in [-0.15, -0.1) is 0 Å². The molecule has 0 N–H and O–H groups in total. The summed E-state index contributed by atoms with van der Waals surface area (Å²) in [6.07, 6.45) is 11.1. The number of hydrogen-bond donors (Lipinski definition) is 0. The lowest BCUT2D eigenvalue weighted by atomic mass is 9.96. The molecule has 0 bridgehead atoms. The van der Waals surface area contributed by atoms with Gasteiger partial charge in [0.2, 0.25) is 0 Å². The number of rotatable bonds is 5. The van der Waals surface area contributed by atoms with E-state index in [9.17, 15) is 0 Å². The van der Waals surface area contributed by atoms with Crippen LogP contribution in [-0.2, 0) is 6.54 Å². The molecule has 2 aliphatic rings. The Bertz CT molecular complexity index is 479. The first-order chi connectivity index (χ1) is 10.7. The van der Waals surface area contributed by atoms with Crippen molar-refractivity contribution in [2.45, 2.75) is 51.6 Å². The summed E-state index contributed by atoms with van der Waals surface area (Å²) in [5.41, 5.74) is 2.64. The lowest BCUT2D eigenvalue weighted by molar-refractivity contribution is 0.135. The number of nitrogens with zero attached hydrogens (tertiary/aromatic N) is 4. The minimum absolute atomic E-state index is 0.648. The van der Waals surface area contributed by atoms with Crippen LogP contribution in [0.3, 0.4) is 0 Å². The number of piperazine rings is 1. The first kappa shape index (κ1) is 15.8. The summed E-state index contributed by atoms with van der Waals surface area (Å²) >= 11 is 0. The summed E-state index contributed by atoms with van der Waals surface area (Å²) in [5, 5.41) is 4.63. The predicted octanol–water partition coefficient (Wildman–Crippen LogP) is 3.08. The Kier molecular flexibility index (Phi) is 5.32. The summed E-state index contributed by atoms with van der Waals surface area (Å²) in [6, 6.07) is 0.648. The molecule has 0 aromatic carbocycles. The maximum Gasteiger partial charge on any atom is 0.0534 e. The molecule has 122 valence electrons. The lowest BCUT2D eigenvalue weighted by Crippen LogP contribution is -2.46. The maximum atomic E-state index is 4.63. The van der Waals surface area contributed by atoms with Crippen LogP contribution < -0.4 is 0 Å². The van der Waals surface area contributed by atoms with Crippen molar-refractivity contribution in [2.24, 2.45) is 0 Å². The first-order valence-electron chi connectivity index (χ1n) is 8.83. The standard InChI is InChI=1S/C18H30N4/c1-16(2)13-20-8-10-21(11-9-20)14-17-12-19-22(15-17)18-6-4-3-5-7-18/h12,15,18H,1,3-11,13-14H2,2H3. The van der Waals surface area contributed by atoms with E-state index in [2.05, 4.69) is 45.5 Å². The lowest BCUT2D eigenvalue weighted by Gasteiger charge is -2.34. The van der Waals surface area contributed by atoms with Gasteiger partial charge in [0.05, 0.1) is 12.2 Å². The summed E-state index contributed by atoms with van der Waals surface area (Å²) in [6.45, 7) is 12.9. The summed E-state index contributed by atoms with van der Waals surface area (Å²) < 4.78 is 2.23. The molecule has 0 spiro atoms. The molecule has 0 amide bonds. The van der Waals surface area contributed by atoms with Crippen molar-refractivity contribution in [1.29, 1.82) is 0 Å². The van der Waals surface area contributed by atoms with Gasteiger partial charge in [-0.2, -0.15) is 5.10 Å². The molecule has 1 aliphatic heterocycles. The van der Waals surface area contributed by atoms with Crippen LogP contribution in [0.25, 0.3) is 0 Å². The van der Waals surface area contributed by atoms with Gasteiger partial charge in [0, 0.05) is 51.0 Å². The molecule has 0 radical (unpaired) electrons. The van der Waals surface area contributed by atoms with Crippen molar-refractivity contribution < 1.29 is 0 Å². The third-order valence-electron chi connectivity index (χ3n) is 4.97. The maximum absolute atomic E-state index is 4.63. The Balaban J connectivity index is 1.48. The first-order valence-corrected chi connectivity index (χ1v) is 8.83. The molecule has 1 aromatic heterocycles. The molecule has 0 unspecified atom stereocenters. The van der Waals surface area contributed by atoms with Gasteiger partial charge < -0.3 is 0 Å². The van der Waals surface area contributed by atoms with Gasteiger partial charge in [-0.25, -0.2) is 0 Å². The second kappa shape index (κ2) is 7.42. The zero-order valence-corrected chi connectivity index (χ0v) is 14.0. The van der Waals surface area contributed by atoms with Gasteiger partial charge in [0.15, 0.2) is 0 Å². The van der Waals surface area contributed by atoms with Crippen LogP contribution in [-0.4, -0.2) is 52.3 Å². The van der Waals surface area contributed by atoms with Crippen LogP contribution in [0.2, 0.25) is 0 Å². The fourth-order valence-corrected chi connectivity index (χ4v) is 3.75. The highest BCUT2D eigenvalue weighted by molar-refractivity contribution is 5.05. The highest BCUT2D eigenvalue weighted by atomic mass is 15.3. The minimum Gasteiger partial charge on any atom is -0.297 e. The molecule has 1 aliphatic carbocycles. The second-order valence-corrected chi connectivity index (χ2v) is 7.13. The van der Waals surface area contributed by atoms with E-state index >= 15 is 0 Å². The molecule has 4 nitrogen and oxygen atoms in total. The normalized spacial score (nSPS) is 22.0. The van der Waals surface area contributed by atoms with Gasteiger partial charge in [0.1, 0.15) is 0 Å². The molecule has 1 saturated heterocycles. The smallest absolute Gasteiger partial charge is 0.0534 e. The molecular formula is C18H30N4. The van der Waals surface area contributed by atoms with Crippen LogP contribution in [0.5, 0.6) is 0 Å². The summed E-state index contributed by atoms with van der Waals surface area (Å²) in [4.78, 5) is 5.06. The van der Waals surface area contributed by atoms with Crippen LogP contribution >= 0.6 is 0 Å². The quantitative estimate of drug-likeness (QED) is 0.781. The minimum atomic E-state index is 0.648. The van der Waals surface area contributed by atoms with Crippen molar-refractivity contribution in [1.82, 2.24) is 19.6 Å². The molecule has 2 heterocycles. The van der Waals surface area contributed by atoms with E-state index in [-0.39, 0.29) is 0 Å². The molecule has 2 fully saturated rings. The van der Waals surface area contributed by atoms with Gasteiger partial charge in [-0.1, -0.05) is 31.4 Å².